The second-order valence-electron chi connectivity index (χ2n) is 4.68. The number of hydrogen-bond acceptors (Lipinski definition) is 4. The summed E-state index contributed by atoms with van der Waals surface area (Å²) >= 11 is 5.10. The van der Waals surface area contributed by atoms with Crippen LogP contribution in [0.25, 0.3) is 0 Å². The molecule has 4 nitrogen and oxygen atoms in total. The molecule has 1 aliphatic heterocycles. The molecule has 1 aromatic heterocycles. The summed E-state index contributed by atoms with van der Waals surface area (Å²) in [5.74, 6) is 0.774. The molecule has 2 rings (SSSR count). The molecule has 0 aliphatic carbocycles. The summed E-state index contributed by atoms with van der Waals surface area (Å²) in [4.78, 5) is 4.87. The fourth-order valence-electron chi connectivity index (χ4n) is 2.29. The summed E-state index contributed by atoms with van der Waals surface area (Å²) in [7, 11) is 0. The number of thiocarbonyl (C=S) groups is 1. The van der Waals surface area contributed by atoms with Crippen molar-refractivity contribution in [2.45, 2.75) is 32.8 Å². The average molecular weight is 265 g/mol. The zero-order valence-corrected chi connectivity index (χ0v) is 11.6. The third-order valence-electron chi connectivity index (χ3n) is 3.11. The number of nitrogens with two attached hydrogens (primary N) is 1. The van der Waals surface area contributed by atoms with E-state index in [0.717, 1.165) is 48.6 Å². The van der Waals surface area contributed by atoms with Crippen molar-refractivity contribution in [3.05, 3.63) is 22.9 Å². The van der Waals surface area contributed by atoms with Crippen molar-refractivity contribution in [1.82, 2.24) is 4.98 Å². The van der Waals surface area contributed by atoms with E-state index in [2.05, 4.69) is 10.3 Å². The van der Waals surface area contributed by atoms with E-state index < -0.39 is 0 Å². The minimum absolute atomic E-state index is 0.270. The van der Waals surface area contributed by atoms with Crippen molar-refractivity contribution in [3.8, 4) is 0 Å². The van der Waals surface area contributed by atoms with E-state index in [1.165, 1.54) is 0 Å². The molecule has 0 radical (unpaired) electrons. The molecule has 5 heteroatoms. The highest BCUT2D eigenvalue weighted by Crippen LogP contribution is 2.20. The van der Waals surface area contributed by atoms with Crippen LogP contribution in [0.3, 0.4) is 0 Å². The lowest BCUT2D eigenvalue weighted by Gasteiger charge is -2.16. The first-order chi connectivity index (χ1) is 8.58. The first-order valence-corrected chi connectivity index (χ1v) is 6.62. The topological polar surface area (TPSA) is 60.2 Å². The van der Waals surface area contributed by atoms with Crippen LogP contribution in [0.1, 0.15) is 29.7 Å². The molecule has 0 bridgehead atoms. The molecule has 2 heterocycles. The predicted octanol–water partition coefficient (Wildman–Crippen LogP) is 1.92. The fourth-order valence-corrected chi connectivity index (χ4v) is 2.55. The molecule has 1 saturated heterocycles. The summed E-state index contributed by atoms with van der Waals surface area (Å²) in [6.45, 7) is 5.58. The highest BCUT2D eigenvalue weighted by atomic mass is 32.1. The quantitative estimate of drug-likeness (QED) is 0.815. The number of aromatic nitrogens is 1. The molecule has 1 aliphatic rings. The normalized spacial score (nSPS) is 18.9. The fraction of sp³-hybridized carbons (Fsp3) is 0.538. The lowest BCUT2D eigenvalue weighted by Crippen LogP contribution is -2.22. The minimum atomic E-state index is 0.270. The van der Waals surface area contributed by atoms with Crippen LogP contribution in [0.2, 0.25) is 0 Å². The van der Waals surface area contributed by atoms with Gasteiger partial charge in [0.15, 0.2) is 0 Å². The van der Waals surface area contributed by atoms with Gasteiger partial charge in [0.25, 0.3) is 0 Å². The molecule has 1 aromatic rings. The van der Waals surface area contributed by atoms with Crippen LogP contribution >= 0.6 is 12.2 Å². The van der Waals surface area contributed by atoms with Gasteiger partial charge >= 0.3 is 0 Å². The minimum Gasteiger partial charge on any atom is -0.389 e. The number of ether oxygens (including phenoxy) is 1. The Balaban J connectivity index is 2.16. The van der Waals surface area contributed by atoms with E-state index >= 15 is 0 Å². The highest BCUT2D eigenvalue weighted by molar-refractivity contribution is 7.80. The van der Waals surface area contributed by atoms with Crippen LogP contribution in [0, 0.1) is 13.8 Å². The Labute approximate surface area is 113 Å². The van der Waals surface area contributed by atoms with E-state index in [-0.39, 0.29) is 6.10 Å². The molecule has 0 amide bonds. The maximum atomic E-state index is 5.77. The third kappa shape index (κ3) is 2.97. The molecule has 0 aromatic carbocycles. The standard InChI is InChI=1S/C13H19N3OS/c1-8-6-9(2)16-13(11(8)12(14)18)15-7-10-4-3-5-17-10/h6,10H,3-5,7H2,1-2H3,(H2,14,18)(H,15,16). The van der Waals surface area contributed by atoms with Gasteiger partial charge in [-0.1, -0.05) is 12.2 Å². The van der Waals surface area contributed by atoms with Gasteiger partial charge < -0.3 is 15.8 Å². The Kier molecular flexibility index (Phi) is 4.14. The number of aryl methyl sites for hydroxylation is 2. The van der Waals surface area contributed by atoms with Gasteiger partial charge in [0.05, 0.1) is 11.7 Å². The Morgan fingerprint density at radius 2 is 2.39 bits per heavy atom. The first kappa shape index (κ1) is 13.2. The van der Waals surface area contributed by atoms with Crippen molar-refractivity contribution >= 4 is 23.0 Å². The Morgan fingerprint density at radius 1 is 1.61 bits per heavy atom. The Bertz CT molecular complexity index is 456. The van der Waals surface area contributed by atoms with Crippen LogP contribution in [-0.2, 0) is 4.74 Å². The lowest BCUT2D eigenvalue weighted by atomic mass is 10.1. The second kappa shape index (κ2) is 5.63. The first-order valence-electron chi connectivity index (χ1n) is 6.21. The molecular formula is C13H19N3OS. The SMILES string of the molecule is Cc1cc(C)c(C(N)=S)c(NCC2CCCO2)n1. The van der Waals surface area contributed by atoms with Crippen LogP contribution in [0.5, 0.6) is 0 Å². The van der Waals surface area contributed by atoms with Gasteiger partial charge in [-0.3, -0.25) is 0 Å². The summed E-state index contributed by atoms with van der Waals surface area (Å²) in [5.41, 5.74) is 8.63. The molecule has 98 valence electrons. The van der Waals surface area contributed by atoms with E-state index in [1.807, 2.05) is 19.9 Å². The zero-order valence-electron chi connectivity index (χ0n) is 10.8. The monoisotopic (exact) mass is 265 g/mol. The van der Waals surface area contributed by atoms with E-state index in [9.17, 15) is 0 Å². The molecule has 18 heavy (non-hydrogen) atoms. The van der Waals surface area contributed by atoms with Crippen molar-refractivity contribution in [1.29, 1.82) is 0 Å². The van der Waals surface area contributed by atoms with Crippen LogP contribution in [0.4, 0.5) is 5.82 Å². The number of hydrogen-bond donors (Lipinski definition) is 2. The third-order valence-corrected chi connectivity index (χ3v) is 3.32. The number of anilines is 1. The molecule has 3 N–H and O–H groups in total. The van der Waals surface area contributed by atoms with Gasteiger partial charge in [-0.25, -0.2) is 4.98 Å². The maximum absolute atomic E-state index is 5.77. The largest absolute Gasteiger partial charge is 0.389 e. The highest BCUT2D eigenvalue weighted by Gasteiger charge is 2.17. The Morgan fingerprint density at radius 3 is 3.00 bits per heavy atom. The number of rotatable bonds is 4. The average Bonchev–Trinajstić information content (AvgIpc) is 2.77. The summed E-state index contributed by atoms with van der Waals surface area (Å²) in [6.07, 6.45) is 2.50. The van der Waals surface area contributed by atoms with Crippen molar-refractivity contribution in [3.63, 3.8) is 0 Å². The molecule has 1 fully saturated rings. The Hall–Kier alpha value is -1.20. The summed E-state index contributed by atoms with van der Waals surface area (Å²) < 4.78 is 5.58. The summed E-state index contributed by atoms with van der Waals surface area (Å²) in [6, 6.07) is 1.99. The van der Waals surface area contributed by atoms with Crippen molar-refractivity contribution < 1.29 is 4.74 Å². The van der Waals surface area contributed by atoms with E-state index in [4.69, 9.17) is 22.7 Å². The van der Waals surface area contributed by atoms with E-state index in [1.54, 1.807) is 0 Å². The molecule has 1 unspecified atom stereocenters. The maximum Gasteiger partial charge on any atom is 0.136 e. The molecule has 0 saturated carbocycles. The zero-order chi connectivity index (χ0) is 13.1. The molecule has 1 atom stereocenters. The predicted molar refractivity (Wildman–Crippen MR) is 77.1 cm³/mol. The molecule has 0 spiro atoms. The van der Waals surface area contributed by atoms with Crippen molar-refractivity contribution in [2.75, 3.05) is 18.5 Å². The van der Waals surface area contributed by atoms with Crippen LogP contribution < -0.4 is 11.1 Å². The van der Waals surface area contributed by atoms with Gasteiger partial charge in [-0.05, 0) is 38.3 Å². The number of nitrogens with one attached hydrogen (secondary N) is 1. The second-order valence-corrected chi connectivity index (χ2v) is 5.12. The van der Waals surface area contributed by atoms with E-state index in [0.29, 0.717) is 4.99 Å². The van der Waals surface area contributed by atoms with Gasteiger partial charge in [0.2, 0.25) is 0 Å². The molecular weight excluding hydrogens is 246 g/mol. The number of pyridine rings is 1. The van der Waals surface area contributed by atoms with Crippen LogP contribution in [-0.4, -0.2) is 29.2 Å². The summed E-state index contributed by atoms with van der Waals surface area (Å²) in [5, 5.41) is 3.31. The smallest absolute Gasteiger partial charge is 0.136 e. The van der Waals surface area contributed by atoms with Gasteiger partial charge in [-0.2, -0.15) is 0 Å². The van der Waals surface area contributed by atoms with Crippen LogP contribution in [0.15, 0.2) is 6.07 Å². The van der Waals surface area contributed by atoms with Gasteiger partial charge in [0.1, 0.15) is 10.8 Å². The van der Waals surface area contributed by atoms with Gasteiger partial charge in [-0.15, -0.1) is 0 Å². The lowest BCUT2D eigenvalue weighted by molar-refractivity contribution is 0.120. The van der Waals surface area contributed by atoms with Crippen molar-refractivity contribution in [2.24, 2.45) is 5.73 Å². The number of nitrogens with zero attached hydrogens (tertiary/aromatic N) is 1. The van der Waals surface area contributed by atoms with Gasteiger partial charge in [0, 0.05) is 18.8 Å².